The second-order valence-electron chi connectivity index (χ2n) is 6.95. The number of ketones is 1. The number of aryl methyl sites for hydroxylation is 1. The van der Waals surface area contributed by atoms with Crippen molar-refractivity contribution in [1.29, 1.82) is 5.26 Å². The van der Waals surface area contributed by atoms with Crippen LogP contribution in [0.1, 0.15) is 35.3 Å². The van der Waals surface area contributed by atoms with Crippen LogP contribution in [-0.2, 0) is 4.79 Å². The Morgan fingerprint density at radius 1 is 1.17 bits per heavy atom. The third kappa shape index (κ3) is 5.48. The summed E-state index contributed by atoms with van der Waals surface area (Å²) in [6.45, 7) is 5.73. The van der Waals surface area contributed by atoms with Crippen LogP contribution >= 0.6 is 0 Å². The fourth-order valence-corrected chi connectivity index (χ4v) is 2.87. The number of ether oxygens (including phenoxy) is 2. The summed E-state index contributed by atoms with van der Waals surface area (Å²) in [7, 11) is 3.32. The molecule has 0 saturated carbocycles. The van der Waals surface area contributed by atoms with Crippen LogP contribution in [0.4, 0.5) is 0 Å². The molecule has 0 saturated heterocycles. The number of benzene rings is 2. The van der Waals surface area contributed by atoms with Crippen LogP contribution in [0, 0.1) is 18.3 Å². The van der Waals surface area contributed by atoms with Crippen LogP contribution in [0.15, 0.2) is 48.0 Å². The Labute approximate surface area is 177 Å². The highest BCUT2D eigenvalue weighted by Gasteiger charge is 2.19. The number of amides is 1. The molecule has 2 aromatic rings. The van der Waals surface area contributed by atoms with Gasteiger partial charge in [0, 0.05) is 19.7 Å². The molecular formula is C24H26N2O4. The zero-order chi connectivity index (χ0) is 22.3. The van der Waals surface area contributed by atoms with Crippen molar-refractivity contribution < 1.29 is 19.1 Å². The number of allylic oxidation sites excluding steroid dienone is 1. The summed E-state index contributed by atoms with van der Waals surface area (Å²) in [6, 6.07) is 14.2. The van der Waals surface area contributed by atoms with Crippen molar-refractivity contribution in [3.8, 4) is 17.6 Å². The van der Waals surface area contributed by atoms with Gasteiger partial charge in [-0.3, -0.25) is 9.59 Å². The molecule has 0 aromatic heterocycles. The Morgan fingerprint density at radius 3 is 2.47 bits per heavy atom. The van der Waals surface area contributed by atoms with E-state index in [1.807, 2.05) is 32.0 Å². The topological polar surface area (TPSA) is 79.6 Å². The molecule has 1 amide bonds. The van der Waals surface area contributed by atoms with Gasteiger partial charge in [0.25, 0.3) is 5.91 Å². The maximum Gasteiger partial charge on any atom is 0.262 e. The van der Waals surface area contributed by atoms with Crippen LogP contribution in [-0.4, -0.2) is 43.4 Å². The van der Waals surface area contributed by atoms with E-state index < -0.39 is 6.10 Å². The van der Waals surface area contributed by atoms with Crippen molar-refractivity contribution in [1.82, 2.24) is 4.90 Å². The molecule has 0 aliphatic rings. The SMILES string of the molecule is CCOc1cc(/C=C(\C#N)C(=O)c2ccccc2C)ccc1O[C@@H](C)C(=O)N(C)C. The molecular weight excluding hydrogens is 380 g/mol. The van der Waals surface area contributed by atoms with Gasteiger partial charge in [0.05, 0.1) is 6.61 Å². The molecule has 30 heavy (non-hydrogen) atoms. The molecule has 0 unspecified atom stereocenters. The first-order valence-electron chi connectivity index (χ1n) is 9.65. The van der Waals surface area contributed by atoms with Crippen molar-refractivity contribution >= 4 is 17.8 Å². The molecule has 0 N–H and O–H groups in total. The number of carbonyl (C=O) groups is 2. The van der Waals surface area contributed by atoms with Crippen molar-refractivity contribution in [3.63, 3.8) is 0 Å². The first kappa shape index (κ1) is 22.7. The van der Waals surface area contributed by atoms with E-state index in [4.69, 9.17) is 9.47 Å². The molecule has 2 rings (SSSR count). The van der Waals surface area contributed by atoms with Crippen LogP contribution < -0.4 is 9.47 Å². The van der Waals surface area contributed by atoms with Gasteiger partial charge in [0.1, 0.15) is 11.6 Å². The van der Waals surface area contributed by atoms with E-state index in [9.17, 15) is 14.9 Å². The summed E-state index contributed by atoms with van der Waals surface area (Å²) in [4.78, 5) is 26.3. The number of hydrogen-bond acceptors (Lipinski definition) is 5. The van der Waals surface area contributed by atoms with Gasteiger partial charge in [-0.2, -0.15) is 5.26 Å². The molecule has 0 radical (unpaired) electrons. The van der Waals surface area contributed by atoms with E-state index >= 15 is 0 Å². The quantitative estimate of drug-likeness (QED) is 0.376. The summed E-state index contributed by atoms with van der Waals surface area (Å²) in [5.41, 5.74) is 1.95. The number of Topliss-reactive ketones (excluding diaryl/α,β-unsaturated/α-hetero) is 1. The zero-order valence-electron chi connectivity index (χ0n) is 17.9. The summed E-state index contributed by atoms with van der Waals surface area (Å²) >= 11 is 0. The average molecular weight is 406 g/mol. The van der Waals surface area contributed by atoms with Gasteiger partial charge in [-0.25, -0.2) is 0 Å². The molecule has 1 atom stereocenters. The summed E-state index contributed by atoms with van der Waals surface area (Å²) in [5, 5.41) is 9.53. The van der Waals surface area contributed by atoms with Gasteiger partial charge in [-0.15, -0.1) is 0 Å². The number of hydrogen-bond donors (Lipinski definition) is 0. The molecule has 0 aliphatic carbocycles. The lowest BCUT2D eigenvalue weighted by atomic mass is 9.98. The molecule has 6 nitrogen and oxygen atoms in total. The average Bonchev–Trinajstić information content (AvgIpc) is 2.73. The van der Waals surface area contributed by atoms with Gasteiger partial charge >= 0.3 is 0 Å². The van der Waals surface area contributed by atoms with Gasteiger partial charge in [0.15, 0.2) is 17.6 Å². The Morgan fingerprint density at radius 2 is 1.87 bits per heavy atom. The molecule has 0 heterocycles. The van der Waals surface area contributed by atoms with Crippen molar-refractivity contribution in [2.24, 2.45) is 0 Å². The molecule has 6 heteroatoms. The standard InChI is InChI=1S/C24H26N2O4/c1-6-29-22-14-18(11-12-21(22)30-17(3)24(28)26(4)5)13-19(15-25)23(27)20-10-8-7-9-16(20)2/h7-14,17H,6H2,1-5H3/b19-13+/t17-/m0/s1. The number of rotatable bonds is 8. The van der Waals surface area contributed by atoms with E-state index in [0.717, 1.165) is 5.56 Å². The second kappa shape index (κ2) is 10.3. The molecule has 156 valence electrons. The van der Waals surface area contributed by atoms with E-state index in [1.54, 1.807) is 51.4 Å². The highest BCUT2D eigenvalue weighted by Crippen LogP contribution is 2.30. The van der Waals surface area contributed by atoms with Gasteiger partial charge < -0.3 is 14.4 Å². The lowest BCUT2D eigenvalue weighted by molar-refractivity contribution is -0.135. The Bertz CT molecular complexity index is 1000. The first-order chi connectivity index (χ1) is 14.3. The molecule has 2 aromatic carbocycles. The maximum atomic E-state index is 12.8. The minimum Gasteiger partial charge on any atom is -0.490 e. The van der Waals surface area contributed by atoms with Crippen molar-refractivity contribution in [3.05, 3.63) is 64.7 Å². The maximum absolute atomic E-state index is 12.8. The summed E-state index contributed by atoms with van der Waals surface area (Å²) in [5.74, 6) is 0.349. The highest BCUT2D eigenvalue weighted by molar-refractivity contribution is 6.14. The predicted molar refractivity (Wildman–Crippen MR) is 115 cm³/mol. The van der Waals surface area contributed by atoms with Crippen LogP contribution in [0.3, 0.4) is 0 Å². The normalized spacial score (nSPS) is 11.9. The number of nitriles is 1. The number of likely N-dealkylation sites (N-methyl/N-ethyl adjacent to an activating group) is 1. The minimum atomic E-state index is -0.682. The monoisotopic (exact) mass is 406 g/mol. The lowest BCUT2D eigenvalue weighted by Crippen LogP contribution is -2.35. The third-order valence-corrected chi connectivity index (χ3v) is 4.43. The fourth-order valence-electron chi connectivity index (χ4n) is 2.87. The van der Waals surface area contributed by atoms with Gasteiger partial charge in [-0.05, 0) is 50.1 Å². The fraction of sp³-hybridized carbons (Fsp3) is 0.292. The smallest absolute Gasteiger partial charge is 0.262 e. The largest absolute Gasteiger partial charge is 0.490 e. The molecule has 0 aliphatic heterocycles. The lowest BCUT2D eigenvalue weighted by Gasteiger charge is -2.20. The van der Waals surface area contributed by atoms with E-state index in [0.29, 0.717) is 29.2 Å². The second-order valence-corrected chi connectivity index (χ2v) is 6.95. The Kier molecular flexibility index (Phi) is 7.76. The van der Waals surface area contributed by atoms with Crippen LogP contribution in [0.5, 0.6) is 11.5 Å². The van der Waals surface area contributed by atoms with Crippen molar-refractivity contribution in [2.75, 3.05) is 20.7 Å². The van der Waals surface area contributed by atoms with Crippen LogP contribution in [0.25, 0.3) is 6.08 Å². The predicted octanol–water partition coefficient (Wildman–Crippen LogP) is 4.04. The van der Waals surface area contributed by atoms with E-state index in [2.05, 4.69) is 0 Å². The zero-order valence-corrected chi connectivity index (χ0v) is 17.9. The van der Waals surface area contributed by atoms with Gasteiger partial charge in [-0.1, -0.05) is 30.3 Å². The Hall–Kier alpha value is -3.59. The van der Waals surface area contributed by atoms with Gasteiger partial charge in [0.2, 0.25) is 5.78 Å². The van der Waals surface area contributed by atoms with E-state index in [-0.39, 0.29) is 17.3 Å². The molecule has 0 fully saturated rings. The number of nitrogens with zero attached hydrogens (tertiary/aromatic N) is 2. The van der Waals surface area contributed by atoms with E-state index in [1.165, 1.54) is 11.0 Å². The molecule has 0 bridgehead atoms. The minimum absolute atomic E-state index is 0.0246. The highest BCUT2D eigenvalue weighted by atomic mass is 16.5. The summed E-state index contributed by atoms with van der Waals surface area (Å²) in [6.07, 6.45) is 0.841. The third-order valence-electron chi connectivity index (χ3n) is 4.43. The van der Waals surface area contributed by atoms with Crippen molar-refractivity contribution in [2.45, 2.75) is 26.9 Å². The summed E-state index contributed by atoms with van der Waals surface area (Å²) < 4.78 is 11.4. The number of carbonyl (C=O) groups excluding carboxylic acids is 2. The first-order valence-corrected chi connectivity index (χ1v) is 9.65. The Balaban J connectivity index is 2.36. The molecule has 0 spiro atoms. The van der Waals surface area contributed by atoms with Crippen LogP contribution in [0.2, 0.25) is 0 Å².